The lowest BCUT2D eigenvalue weighted by Gasteiger charge is -2.34. The number of nitrogens with one attached hydrogen (secondary N) is 3. The van der Waals surface area contributed by atoms with Crippen LogP contribution in [0, 0.1) is 17.2 Å². The van der Waals surface area contributed by atoms with Crippen molar-refractivity contribution < 1.29 is 8.42 Å². The van der Waals surface area contributed by atoms with E-state index in [-0.39, 0.29) is 16.9 Å². The zero-order valence-electron chi connectivity index (χ0n) is 11.6. The van der Waals surface area contributed by atoms with Crippen LogP contribution in [0.15, 0.2) is 35.0 Å². The predicted molar refractivity (Wildman–Crippen MR) is 77.7 cm³/mol. The van der Waals surface area contributed by atoms with Crippen molar-refractivity contribution in [1.29, 1.82) is 5.26 Å². The lowest BCUT2D eigenvalue weighted by atomic mass is 9.88. The van der Waals surface area contributed by atoms with Crippen LogP contribution < -0.4 is 16.0 Å². The number of sulfone groups is 1. The van der Waals surface area contributed by atoms with E-state index in [1.165, 1.54) is 6.26 Å². The molecule has 0 aromatic heterocycles. The third-order valence-electron chi connectivity index (χ3n) is 3.91. The smallest absolute Gasteiger partial charge is 0.175 e. The highest BCUT2D eigenvalue weighted by molar-refractivity contribution is 7.90. The molecule has 0 bridgehead atoms. The van der Waals surface area contributed by atoms with E-state index in [1.807, 2.05) is 6.20 Å². The van der Waals surface area contributed by atoms with Gasteiger partial charge in [-0.3, -0.25) is 5.32 Å². The number of hydrogen-bond donors (Lipinski definition) is 3. The van der Waals surface area contributed by atoms with Gasteiger partial charge in [0.15, 0.2) is 9.84 Å². The molecule has 3 N–H and O–H groups in total. The molecule has 7 heteroatoms. The van der Waals surface area contributed by atoms with Crippen LogP contribution in [0.2, 0.25) is 0 Å². The molecule has 2 heterocycles. The summed E-state index contributed by atoms with van der Waals surface area (Å²) in [5.41, 5.74) is 2.03. The van der Waals surface area contributed by atoms with Crippen molar-refractivity contribution in [2.24, 2.45) is 5.92 Å². The maximum absolute atomic E-state index is 12.1. The fraction of sp³-hybridized carbons (Fsp3) is 0.357. The molecule has 0 spiro atoms. The molecule has 2 aliphatic rings. The second-order valence-electron chi connectivity index (χ2n) is 5.25. The number of rotatable bonds is 2. The van der Waals surface area contributed by atoms with Crippen molar-refractivity contribution >= 4 is 9.84 Å². The minimum absolute atomic E-state index is 0.0914. The van der Waals surface area contributed by atoms with Crippen molar-refractivity contribution in [2.75, 3.05) is 19.5 Å². The molecule has 2 unspecified atom stereocenters. The molecule has 0 aliphatic carbocycles. The van der Waals surface area contributed by atoms with Crippen molar-refractivity contribution in [3.63, 3.8) is 0 Å². The minimum Gasteiger partial charge on any atom is -0.389 e. The maximum atomic E-state index is 12.1. The molecule has 1 aromatic rings. The Morgan fingerprint density at radius 2 is 2.19 bits per heavy atom. The molecule has 3 rings (SSSR count). The minimum atomic E-state index is -3.40. The molecule has 0 saturated carbocycles. The number of hydrogen-bond acceptors (Lipinski definition) is 6. The van der Waals surface area contributed by atoms with Crippen LogP contribution >= 0.6 is 0 Å². The highest BCUT2D eigenvalue weighted by atomic mass is 32.2. The lowest BCUT2D eigenvalue weighted by Crippen LogP contribution is -2.45. The van der Waals surface area contributed by atoms with Gasteiger partial charge in [0.2, 0.25) is 0 Å². The van der Waals surface area contributed by atoms with Crippen LogP contribution in [-0.2, 0) is 9.84 Å². The van der Waals surface area contributed by atoms with Gasteiger partial charge in [0.25, 0.3) is 0 Å². The van der Waals surface area contributed by atoms with E-state index in [2.05, 4.69) is 22.0 Å². The Kier molecular flexibility index (Phi) is 3.35. The van der Waals surface area contributed by atoms with Gasteiger partial charge >= 0.3 is 0 Å². The molecule has 0 radical (unpaired) electrons. The third-order valence-corrected chi connectivity index (χ3v) is 5.06. The van der Waals surface area contributed by atoms with Crippen molar-refractivity contribution in [2.45, 2.75) is 10.9 Å². The second kappa shape index (κ2) is 5.06. The fourth-order valence-electron chi connectivity index (χ4n) is 2.99. The van der Waals surface area contributed by atoms with Gasteiger partial charge in [0.05, 0.1) is 23.2 Å². The largest absolute Gasteiger partial charge is 0.389 e. The molecular formula is C14H16N4O2S. The van der Waals surface area contributed by atoms with E-state index >= 15 is 0 Å². The molecule has 0 amide bonds. The molecular weight excluding hydrogens is 288 g/mol. The van der Waals surface area contributed by atoms with Crippen LogP contribution in [-0.4, -0.2) is 27.9 Å². The maximum Gasteiger partial charge on any atom is 0.175 e. The van der Waals surface area contributed by atoms with Crippen LogP contribution in [0.4, 0.5) is 0 Å². The molecule has 1 fully saturated rings. The predicted octanol–water partition coefficient (Wildman–Crippen LogP) is 0.214. The average Bonchev–Trinajstić information content (AvgIpc) is 2.93. The third kappa shape index (κ3) is 2.37. The number of benzene rings is 1. The van der Waals surface area contributed by atoms with Crippen LogP contribution in [0.1, 0.15) is 17.2 Å². The molecule has 6 nitrogen and oxygen atoms in total. The van der Waals surface area contributed by atoms with Crippen LogP contribution in [0.3, 0.4) is 0 Å². The first-order valence-electron chi connectivity index (χ1n) is 6.66. The Morgan fingerprint density at radius 3 is 2.90 bits per heavy atom. The van der Waals surface area contributed by atoms with E-state index in [1.54, 1.807) is 18.2 Å². The Labute approximate surface area is 123 Å². The first-order valence-corrected chi connectivity index (χ1v) is 8.55. The average molecular weight is 304 g/mol. The van der Waals surface area contributed by atoms with Crippen molar-refractivity contribution in [3.05, 3.63) is 41.2 Å². The lowest BCUT2D eigenvalue weighted by molar-refractivity contribution is 0.343. The van der Waals surface area contributed by atoms with Crippen molar-refractivity contribution in [3.8, 4) is 6.07 Å². The Balaban J connectivity index is 2.17. The topological polar surface area (TPSA) is 94.0 Å². The summed E-state index contributed by atoms with van der Waals surface area (Å²) in [6, 6.07) is 6.77. The SMILES string of the molecule is CS(=O)(=O)c1cccc(C#N)c1C1NCNC2=CNCC21. The molecule has 2 atom stereocenters. The van der Waals surface area contributed by atoms with Crippen molar-refractivity contribution in [1.82, 2.24) is 16.0 Å². The molecule has 1 saturated heterocycles. The normalized spacial score (nSPS) is 24.3. The Morgan fingerprint density at radius 1 is 1.38 bits per heavy atom. The summed E-state index contributed by atoms with van der Waals surface area (Å²) in [4.78, 5) is 0.229. The summed E-state index contributed by atoms with van der Waals surface area (Å²) in [6.07, 6.45) is 3.09. The van der Waals surface area contributed by atoms with Gasteiger partial charge in [-0.25, -0.2) is 8.42 Å². The number of nitriles is 1. The number of fused-ring (bicyclic) bond motifs is 1. The molecule has 1 aromatic carbocycles. The standard InChI is InChI=1S/C14H16N4O2S/c1-21(19,20)12-4-2-3-9(5-15)13(12)14-10-6-16-7-11(10)17-8-18-14/h2-4,7,10,14,16-18H,6,8H2,1H3. The fourth-order valence-corrected chi connectivity index (χ4v) is 3.95. The molecule has 110 valence electrons. The second-order valence-corrected chi connectivity index (χ2v) is 7.24. The van der Waals surface area contributed by atoms with Gasteiger partial charge in [0.1, 0.15) is 0 Å². The van der Waals surface area contributed by atoms with Gasteiger partial charge in [-0.1, -0.05) is 6.07 Å². The first-order chi connectivity index (χ1) is 10.0. The quantitative estimate of drug-likeness (QED) is 0.723. The van der Waals surface area contributed by atoms with Gasteiger partial charge in [-0.05, 0) is 12.1 Å². The summed E-state index contributed by atoms with van der Waals surface area (Å²) in [7, 11) is -3.40. The summed E-state index contributed by atoms with van der Waals surface area (Å²) in [5, 5.41) is 19.0. The highest BCUT2D eigenvalue weighted by Crippen LogP contribution is 2.36. The zero-order chi connectivity index (χ0) is 15.0. The van der Waals surface area contributed by atoms with E-state index in [4.69, 9.17) is 0 Å². The first kappa shape index (κ1) is 13.9. The summed E-state index contributed by atoms with van der Waals surface area (Å²) >= 11 is 0. The Bertz CT molecular complexity index is 749. The molecule has 2 aliphatic heterocycles. The van der Waals surface area contributed by atoms with E-state index in [0.717, 1.165) is 5.70 Å². The highest BCUT2D eigenvalue weighted by Gasteiger charge is 2.36. The van der Waals surface area contributed by atoms with Crippen LogP contribution in [0.5, 0.6) is 0 Å². The van der Waals surface area contributed by atoms with Gasteiger partial charge in [-0.2, -0.15) is 5.26 Å². The summed E-state index contributed by atoms with van der Waals surface area (Å²) < 4.78 is 24.1. The van der Waals surface area contributed by atoms with E-state index in [0.29, 0.717) is 24.3 Å². The summed E-state index contributed by atoms with van der Waals surface area (Å²) in [6.45, 7) is 1.25. The van der Waals surface area contributed by atoms with E-state index < -0.39 is 9.84 Å². The van der Waals surface area contributed by atoms with Gasteiger partial charge < -0.3 is 10.6 Å². The van der Waals surface area contributed by atoms with Gasteiger partial charge in [-0.15, -0.1) is 0 Å². The Hall–Kier alpha value is -2.04. The van der Waals surface area contributed by atoms with E-state index in [9.17, 15) is 13.7 Å². The zero-order valence-corrected chi connectivity index (χ0v) is 12.4. The monoisotopic (exact) mass is 304 g/mol. The molecule has 21 heavy (non-hydrogen) atoms. The number of nitrogens with zero attached hydrogens (tertiary/aromatic N) is 1. The van der Waals surface area contributed by atoms with Crippen LogP contribution in [0.25, 0.3) is 0 Å². The summed E-state index contributed by atoms with van der Waals surface area (Å²) in [5.74, 6) is 0.0914. The van der Waals surface area contributed by atoms with Gasteiger partial charge in [0, 0.05) is 42.2 Å².